The first kappa shape index (κ1) is 16.6. The molecular formula is C15H25N5O2. The van der Waals surface area contributed by atoms with Crippen LogP contribution in [0.5, 0.6) is 0 Å². The molecule has 2 N–H and O–H groups in total. The number of nitrogens with one attached hydrogen (secondary N) is 2. The average Bonchev–Trinajstić information content (AvgIpc) is 2.56. The molecule has 0 radical (unpaired) electrons. The van der Waals surface area contributed by atoms with E-state index in [4.69, 9.17) is 4.74 Å². The highest BCUT2D eigenvalue weighted by molar-refractivity contribution is 5.91. The first-order valence-electron chi connectivity index (χ1n) is 7.94. The van der Waals surface area contributed by atoms with E-state index < -0.39 is 0 Å². The van der Waals surface area contributed by atoms with Crippen molar-refractivity contribution in [2.24, 2.45) is 0 Å². The summed E-state index contributed by atoms with van der Waals surface area (Å²) in [7, 11) is 0. The summed E-state index contributed by atoms with van der Waals surface area (Å²) < 4.78 is 5.29. The summed E-state index contributed by atoms with van der Waals surface area (Å²) in [6, 6.07) is 0. The summed E-state index contributed by atoms with van der Waals surface area (Å²) in [6.07, 6.45) is 5.33. The second kappa shape index (κ2) is 9.32. The smallest absolute Gasteiger partial charge is 0.271 e. The Morgan fingerprint density at radius 1 is 1.27 bits per heavy atom. The minimum atomic E-state index is -0.180. The maximum absolute atomic E-state index is 12.0. The molecule has 0 unspecified atom stereocenters. The van der Waals surface area contributed by atoms with Gasteiger partial charge in [-0.25, -0.2) is 9.97 Å². The third kappa shape index (κ3) is 5.57. The van der Waals surface area contributed by atoms with Crippen LogP contribution in [0.3, 0.4) is 0 Å². The minimum Gasteiger partial charge on any atom is -0.379 e. The van der Waals surface area contributed by atoms with Gasteiger partial charge in [0, 0.05) is 32.7 Å². The minimum absolute atomic E-state index is 0.180. The highest BCUT2D eigenvalue weighted by Gasteiger charge is 2.11. The molecule has 0 aromatic carbocycles. The molecule has 1 aliphatic heterocycles. The molecule has 1 saturated heterocycles. The van der Waals surface area contributed by atoms with Crippen LogP contribution in [0.1, 0.15) is 30.3 Å². The van der Waals surface area contributed by atoms with Crippen molar-refractivity contribution in [3.63, 3.8) is 0 Å². The van der Waals surface area contributed by atoms with Crippen molar-refractivity contribution in [1.82, 2.24) is 20.2 Å². The van der Waals surface area contributed by atoms with E-state index in [1.165, 1.54) is 6.20 Å². The van der Waals surface area contributed by atoms with Gasteiger partial charge in [-0.2, -0.15) is 0 Å². The zero-order valence-electron chi connectivity index (χ0n) is 13.2. The Bertz CT molecular complexity index is 446. The number of hydrogen-bond acceptors (Lipinski definition) is 6. The van der Waals surface area contributed by atoms with Crippen molar-refractivity contribution in [2.75, 3.05) is 51.3 Å². The molecule has 7 heteroatoms. The van der Waals surface area contributed by atoms with E-state index in [1.807, 2.05) is 0 Å². The summed E-state index contributed by atoms with van der Waals surface area (Å²) in [5.41, 5.74) is 0.350. The van der Waals surface area contributed by atoms with E-state index in [-0.39, 0.29) is 5.91 Å². The van der Waals surface area contributed by atoms with Gasteiger partial charge in [0.15, 0.2) is 0 Å². The number of anilines is 1. The fourth-order valence-electron chi connectivity index (χ4n) is 2.17. The summed E-state index contributed by atoms with van der Waals surface area (Å²) >= 11 is 0. The SMILES string of the molecule is CCCCNc1cnc(C(=O)NCCN2CCOCC2)cn1. The Balaban J connectivity index is 1.70. The summed E-state index contributed by atoms with van der Waals surface area (Å²) in [6.45, 7) is 7.84. The van der Waals surface area contributed by atoms with Gasteiger partial charge in [-0.15, -0.1) is 0 Å². The van der Waals surface area contributed by atoms with E-state index in [0.29, 0.717) is 18.1 Å². The zero-order chi connectivity index (χ0) is 15.6. The molecule has 0 spiro atoms. The van der Waals surface area contributed by atoms with Crippen LogP contribution in [0.25, 0.3) is 0 Å². The monoisotopic (exact) mass is 307 g/mol. The third-order valence-electron chi connectivity index (χ3n) is 3.54. The second-order valence-electron chi connectivity index (χ2n) is 5.28. The maximum atomic E-state index is 12.0. The number of carbonyl (C=O) groups is 1. The topological polar surface area (TPSA) is 79.4 Å². The first-order chi connectivity index (χ1) is 10.8. The fourth-order valence-corrected chi connectivity index (χ4v) is 2.17. The zero-order valence-corrected chi connectivity index (χ0v) is 13.2. The lowest BCUT2D eigenvalue weighted by Gasteiger charge is -2.26. The Morgan fingerprint density at radius 3 is 2.77 bits per heavy atom. The van der Waals surface area contributed by atoms with Crippen molar-refractivity contribution >= 4 is 11.7 Å². The Kier molecular flexibility index (Phi) is 7.05. The molecule has 0 atom stereocenters. The molecule has 2 heterocycles. The van der Waals surface area contributed by atoms with E-state index >= 15 is 0 Å². The van der Waals surface area contributed by atoms with E-state index in [2.05, 4.69) is 32.4 Å². The van der Waals surface area contributed by atoms with E-state index in [1.54, 1.807) is 6.20 Å². The standard InChI is InChI=1S/C15H25N5O2/c1-2-3-4-16-14-12-18-13(11-19-14)15(21)17-5-6-20-7-9-22-10-8-20/h11-12H,2-10H2,1H3,(H,16,19)(H,17,21). The number of rotatable bonds is 8. The van der Waals surface area contributed by atoms with Crippen LogP contribution in [-0.4, -0.2) is 66.7 Å². The molecule has 7 nitrogen and oxygen atoms in total. The molecule has 1 amide bonds. The number of hydrogen-bond donors (Lipinski definition) is 2. The predicted molar refractivity (Wildman–Crippen MR) is 85.0 cm³/mol. The molecule has 22 heavy (non-hydrogen) atoms. The van der Waals surface area contributed by atoms with Crippen molar-refractivity contribution < 1.29 is 9.53 Å². The Morgan fingerprint density at radius 2 is 2.09 bits per heavy atom. The van der Waals surface area contributed by atoms with Crippen molar-refractivity contribution in [3.05, 3.63) is 18.1 Å². The lowest BCUT2D eigenvalue weighted by molar-refractivity contribution is 0.0383. The van der Waals surface area contributed by atoms with Gasteiger partial charge in [0.1, 0.15) is 11.5 Å². The van der Waals surface area contributed by atoms with Crippen molar-refractivity contribution in [1.29, 1.82) is 0 Å². The number of unbranched alkanes of at least 4 members (excludes halogenated alkanes) is 1. The quantitative estimate of drug-likeness (QED) is 0.690. The lowest BCUT2D eigenvalue weighted by atomic mass is 10.3. The summed E-state index contributed by atoms with van der Waals surface area (Å²) in [4.78, 5) is 22.6. The van der Waals surface area contributed by atoms with Gasteiger partial charge in [0.2, 0.25) is 0 Å². The lowest BCUT2D eigenvalue weighted by Crippen LogP contribution is -2.41. The normalized spacial score (nSPS) is 15.5. The van der Waals surface area contributed by atoms with Crippen LogP contribution >= 0.6 is 0 Å². The molecule has 122 valence electrons. The van der Waals surface area contributed by atoms with Crippen molar-refractivity contribution in [2.45, 2.75) is 19.8 Å². The highest BCUT2D eigenvalue weighted by atomic mass is 16.5. The summed E-state index contributed by atoms with van der Waals surface area (Å²) in [5.74, 6) is 0.527. The number of aromatic nitrogens is 2. The molecule has 1 aliphatic rings. The molecular weight excluding hydrogens is 282 g/mol. The number of ether oxygens (including phenoxy) is 1. The number of morpholine rings is 1. The number of carbonyl (C=O) groups excluding carboxylic acids is 1. The van der Waals surface area contributed by atoms with Crippen LogP contribution in [0.4, 0.5) is 5.82 Å². The van der Waals surface area contributed by atoms with Gasteiger partial charge in [-0.3, -0.25) is 9.69 Å². The van der Waals surface area contributed by atoms with Crippen LogP contribution in [0, 0.1) is 0 Å². The van der Waals surface area contributed by atoms with E-state index in [0.717, 1.165) is 52.2 Å². The highest BCUT2D eigenvalue weighted by Crippen LogP contribution is 2.02. The van der Waals surface area contributed by atoms with Crippen LogP contribution in [-0.2, 0) is 4.74 Å². The van der Waals surface area contributed by atoms with Gasteiger partial charge in [-0.05, 0) is 6.42 Å². The summed E-state index contributed by atoms with van der Waals surface area (Å²) in [5, 5.41) is 6.05. The van der Waals surface area contributed by atoms with Gasteiger partial charge in [-0.1, -0.05) is 13.3 Å². The second-order valence-corrected chi connectivity index (χ2v) is 5.28. The molecule has 1 fully saturated rings. The van der Waals surface area contributed by atoms with Gasteiger partial charge in [0.25, 0.3) is 5.91 Å². The molecule has 1 aromatic heterocycles. The van der Waals surface area contributed by atoms with Crippen molar-refractivity contribution in [3.8, 4) is 0 Å². The van der Waals surface area contributed by atoms with Crippen LogP contribution in [0.15, 0.2) is 12.4 Å². The van der Waals surface area contributed by atoms with Gasteiger partial charge in [0.05, 0.1) is 25.6 Å². The van der Waals surface area contributed by atoms with Crippen LogP contribution < -0.4 is 10.6 Å². The Hall–Kier alpha value is -1.73. The first-order valence-corrected chi connectivity index (χ1v) is 7.94. The largest absolute Gasteiger partial charge is 0.379 e. The number of amides is 1. The maximum Gasteiger partial charge on any atom is 0.271 e. The molecule has 2 rings (SSSR count). The third-order valence-corrected chi connectivity index (χ3v) is 3.54. The van der Waals surface area contributed by atoms with Gasteiger partial charge >= 0.3 is 0 Å². The fraction of sp³-hybridized carbons (Fsp3) is 0.667. The number of nitrogens with zero attached hydrogens (tertiary/aromatic N) is 3. The van der Waals surface area contributed by atoms with Crippen LogP contribution in [0.2, 0.25) is 0 Å². The average molecular weight is 307 g/mol. The molecule has 0 saturated carbocycles. The molecule has 0 bridgehead atoms. The van der Waals surface area contributed by atoms with Gasteiger partial charge < -0.3 is 15.4 Å². The predicted octanol–water partition coefficient (Wildman–Crippen LogP) is 0.751. The molecule has 0 aliphatic carbocycles. The van der Waals surface area contributed by atoms with E-state index in [9.17, 15) is 4.79 Å². The Labute approximate surface area is 131 Å². The molecule has 1 aromatic rings.